The standard InChI is InChI=1S/C8H7F3N2O2.K.H/c9-8(10,11)6-5(7(14)15)3-12-13(6)4-1-2-4;;/h3-4H,1-2H2,(H,14,15);;. The Bertz CT molecular complexity index is 412. The topological polar surface area (TPSA) is 55.1 Å². The van der Waals surface area contributed by atoms with E-state index >= 15 is 0 Å². The second-order valence-electron chi connectivity index (χ2n) is 3.39. The van der Waals surface area contributed by atoms with E-state index in [1.807, 2.05) is 0 Å². The van der Waals surface area contributed by atoms with Crippen LogP contribution >= 0.6 is 0 Å². The summed E-state index contributed by atoms with van der Waals surface area (Å²) in [6.45, 7) is 0. The molecule has 1 aliphatic carbocycles. The van der Waals surface area contributed by atoms with E-state index in [9.17, 15) is 18.0 Å². The maximum atomic E-state index is 12.6. The molecule has 0 saturated heterocycles. The first kappa shape index (κ1) is 14.2. The van der Waals surface area contributed by atoms with E-state index in [0.717, 1.165) is 10.9 Å². The predicted octanol–water partition coefficient (Wildman–Crippen LogP) is 1.29. The van der Waals surface area contributed by atoms with E-state index in [0.29, 0.717) is 12.8 Å². The molecule has 1 fully saturated rings. The average molecular weight is 260 g/mol. The molecule has 0 aromatic carbocycles. The normalized spacial score (nSPS) is 15.7. The van der Waals surface area contributed by atoms with Gasteiger partial charge in [-0.1, -0.05) is 0 Å². The van der Waals surface area contributed by atoms with Crippen molar-refractivity contribution in [2.45, 2.75) is 25.1 Å². The van der Waals surface area contributed by atoms with Gasteiger partial charge >= 0.3 is 63.5 Å². The second kappa shape index (κ2) is 4.77. The first-order valence-corrected chi connectivity index (χ1v) is 4.29. The van der Waals surface area contributed by atoms with E-state index in [4.69, 9.17) is 5.11 Å². The fourth-order valence-corrected chi connectivity index (χ4v) is 1.40. The number of hydrogen-bond donors (Lipinski definition) is 1. The number of hydrogen-bond acceptors (Lipinski definition) is 2. The van der Waals surface area contributed by atoms with Crippen LogP contribution in [0.2, 0.25) is 0 Å². The SMILES string of the molecule is O=C(O)c1cnn(C2CC2)c1C(F)(F)F.[KH]. The summed E-state index contributed by atoms with van der Waals surface area (Å²) in [5.41, 5.74) is -1.94. The van der Waals surface area contributed by atoms with Crippen molar-refractivity contribution in [3.05, 3.63) is 17.5 Å². The fourth-order valence-electron chi connectivity index (χ4n) is 1.40. The summed E-state index contributed by atoms with van der Waals surface area (Å²) in [7, 11) is 0. The van der Waals surface area contributed by atoms with Gasteiger partial charge in [-0.3, -0.25) is 4.68 Å². The third kappa shape index (κ3) is 2.67. The van der Waals surface area contributed by atoms with Gasteiger partial charge in [-0.2, -0.15) is 18.3 Å². The van der Waals surface area contributed by atoms with Crippen LogP contribution in [0, 0.1) is 0 Å². The molecule has 0 atom stereocenters. The van der Waals surface area contributed by atoms with Gasteiger partial charge in [-0.05, 0) is 12.8 Å². The summed E-state index contributed by atoms with van der Waals surface area (Å²) in [6.07, 6.45) is -2.69. The average Bonchev–Trinajstić information content (AvgIpc) is 2.81. The molecule has 1 aromatic heterocycles. The van der Waals surface area contributed by atoms with Crippen LogP contribution in [-0.4, -0.2) is 72.2 Å². The summed E-state index contributed by atoms with van der Waals surface area (Å²) in [6, 6.07) is -0.297. The second-order valence-corrected chi connectivity index (χ2v) is 3.39. The first-order chi connectivity index (χ1) is 6.91. The minimum atomic E-state index is -4.67. The van der Waals surface area contributed by atoms with Crippen LogP contribution in [0.3, 0.4) is 0 Å². The summed E-state index contributed by atoms with van der Waals surface area (Å²) >= 11 is 0. The van der Waals surface area contributed by atoms with Crippen molar-refractivity contribution in [3.8, 4) is 0 Å². The van der Waals surface area contributed by atoms with Crippen LogP contribution in [0.4, 0.5) is 13.2 Å². The zero-order valence-electron chi connectivity index (χ0n) is 7.45. The molecule has 1 saturated carbocycles. The number of halogens is 3. The van der Waals surface area contributed by atoms with Gasteiger partial charge in [0.1, 0.15) is 5.56 Å². The van der Waals surface area contributed by atoms with Crippen molar-refractivity contribution in [1.29, 1.82) is 0 Å². The van der Waals surface area contributed by atoms with E-state index in [2.05, 4.69) is 5.10 Å². The molecule has 0 unspecified atom stereocenters. The van der Waals surface area contributed by atoms with Gasteiger partial charge in [0.25, 0.3) is 0 Å². The van der Waals surface area contributed by atoms with Gasteiger partial charge in [0.05, 0.1) is 12.2 Å². The van der Waals surface area contributed by atoms with Crippen LogP contribution in [0.25, 0.3) is 0 Å². The van der Waals surface area contributed by atoms with E-state index in [-0.39, 0.29) is 57.4 Å². The Kier molecular flexibility index (Phi) is 4.22. The monoisotopic (exact) mass is 260 g/mol. The van der Waals surface area contributed by atoms with Gasteiger partial charge in [0.2, 0.25) is 0 Å². The van der Waals surface area contributed by atoms with E-state index < -0.39 is 23.4 Å². The molecule has 0 amide bonds. The molecule has 1 aliphatic rings. The number of carbonyl (C=O) groups is 1. The molecule has 4 nitrogen and oxygen atoms in total. The number of rotatable bonds is 2. The first-order valence-electron chi connectivity index (χ1n) is 4.29. The Morgan fingerprint density at radius 3 is 2.44 bits per heavy atom. The Hall–Kier alpha value is 0.106. The van der Waals surface area contributed by atoms with Gasteiger partial charge in [0.15, 0.2) is 5.69 Å². The van der Waals surface area contributed by atoms with Crippen molar-refractivity contribution in [1.82, 2.24) is 9.78 Å². The van der Waals surface area contributed by atoms with Crippen LogP contribution in [0.1, 0.15) is 34.9 Å². The summed E-state index contributed by atoms with van der Waals surface area (Å²) < 4.78 is 38.5. The van der Waals surface area contributed by atoms with Gasteiger partial charge in [0, 0.05) is 0 Å². The number of nitrogens with zero attached hydrogens (tertiary/aromatic N) is 2. The number of aromatic nitrogens is 2. The molecule has 1 N–H and O–H groups in total. The molecule has 0 spiro atoms. The van der Waals surface area contributed by atoms with Crippen molar-refractivity contribution < 1.29 is 23.1 Å². The fraction of sp³-hybridized carbons (Fsp3) is 0.500. The molecule has 1 aromatic rings. The zero-order valence-corrected chi connectivity index (χ0v) is 7.45. The third-order valence-corrected chi connectivity index (χ3v) is 2.19. The molecule has 16 heavy (non-hydrogen) atoms. The van der Waals surface area contributed by atoms with Gasteiger partial charge < -0.3 is 5.11 Å². The quantitative estimate of drug-likeness (QED) is 0.815. The molecule has 2 rings (SSSR count). The number of carboxylic acids is 1. The van der Waals surface area contributed by atoms with Crippen LogP contribution < -0.4 is 0 Å². The Morgan fingerprint density at radius 1 is 1.50 bits per heavy atom. The zero-order chi connectivity index (χ0) is 11.2. The van der Waals surface area contributed by atoms with Crippen molar-refractivity contribution in [2.75, 3.05) is 0 Å². The van der Waals surface area contributed by atoms with Crippen molar-refractivity contribution >= 4 is 57.4 Å². The molecule has 8 heteroatoms. The van der Waals surface area contributed by atoms with Gasteiger partial charge in [-0.25, -0.2) is 4.79 Å². The molecule has 84 valence electrons. The molecule has 1 heterocycles. The summed E-state index contributed by atoms with van der Waals surface area (Å²) in [5.74, 6) is -1.60. The molecular formula is C8H8F3KN2O2. The number of carboxylic acid groups (broad SMARTS) is 1. The Balaban J connectivity index is 0.00000128. The Morgan fingerprint density at radius 2 is 2.06 bits per heavy atom. The minimum absolute atomic E-state index is 0. The Labute approximate surface area is 131 Å². The van der Waals surface area contributed by atoms with Crippen molar-refractivity contribution in [2.24, 2.45) is 0 Å². The van der Waals surface area contributed by atoms with Crippen LogP contribution in [0.5, 0.6) is 0 Å². The summed E-state index contributed by atoms with van der Waals surface area (Å²) in [4.78, 5) is 10.6. The molecule has 0 bridgehead atoms. The summed E-state index contributed by atoms with van der Waals surface area (Å²) in [5, 5.41) is 12.1. The van der Waals surface area contributed by atoms with E-state index in [1.54, 1.807) is 0 Å². The maximum absolute atomic E-state index is 12.6. The predicted molar refractivity (Wildman–Crippen MR) is 49.6 cm³/mol. The van der Waals surface area contributed by atoms with Crippen molar-refractivity contribution in [3.63, 3.8) is 0 Å². The molecule has 0 radical (unpaired) electrons. The van der Waals surface area contributed by atoms with Gasteiger partial charge in [-0.15, -0.1) is 0 Å². The number of alkyl halides is 3. The van der Waals surface area contributed by atoms with Crippen LogP contribution in [0.15, 0.2) is 6.20 Å². The van der Waals surface area contributed by atoms with E-state index in [1.165, 1.54) is 0 Å². The molecule has 0 aliphatic heterocycles. The van der Waals surface area contributed by atoms with Crippen LogP contribution in [-0.2, 0) is 6.18 Å². The number of aromatic carboxylic acids is 1. The molecular weight excluding hydrogens is 252 g/mol. The third-order valence-electron chi connectivity index (χ3n) is 2.19.